The van der Waals surface area contributed by atoms with E-state index in [4.69, 9.17) is 0 Å². The Morgan fingerprint density at radius 3 is 2.96 bits per heavy atom. The van der Waals surface area contributed by atoms with E-state index < -0.39 is 10.0 Å². The number of hydrogen-bond acceptors (Lipinski definition) is 3. The van der Waals surface area contributed by atoms with Crippen molar-refractivity contribution in [2.24, 2.45) is 0 Å². The third-order valence-electron chi connectivity index (χ3n) is 4.85. The molecule has 1 amide bonds. The number of carbonyl (C=O) groups is 1. The molecule has 1 aromatic heterocycles. The van der Waals surface area contributed by atoms with Crippen LogP contribution in [0.1, 0.15) is 30.4 Å². The first-order chi connectivity index (χ1) is 11.8. The first-order valence-corrected chi connectivity index (χ1v) is 10.5. The molecule has 0 aliphatic carbocycles. The Bertz CT molecular complexity index is 873. The number of nitrogens with zero attached hydrogens (tertiary/aromatic N) is 1. The third kappa shape index (κ3) is 4.22. The van der Waals surface area contributed by atoms with Gasteiger partial charge in [0, 0.05) is 42.7 Å². The average molecular weight is 363 g/mol. The van der Waals surface area contributed by atoms with E-state index in [1.807, 2.05) is 12.3 Å². The maximum absolute atomic E-state index is 12.3. The molecular weight excluding hydrogens is 338 g/mol. The second kappa shape index (κ2) is 7.17. The lowest BCUT2D eigenvalue weighted by Gasteiger charge is -2.31. The highest BCUT2D eigenvalue weighted by atomic mass is 32.2. The maximum Gasteiger partial charge on any atom is 0.220 e. The Labute approximate surface area is 148 Å². The maximum atomic E-state index is 12.3. The summed E-state index contributed by atoms with van der Waals surface area (Å²) in [4.78, 5) is 15.6. The van der Waals surface area contributed by atoms with Gasteiger partial charge >= 0.3 is 0 Å². The normalized spacial score (nSPS) is 19.2. The zero-order valence-electron chi connectivity index (χ0n) is 14.7. The number of piperidine rings is 1. The SMILES string of the molecule is Cc1cccc2c(CCC(=O)NC3CCCN(S(C)(=O)=O)C3)c[nH]c12. The van der Waals surface area contributed by atoms with Gasteiger partial charge in [0.1, 0.15) is 0 Å². The third-order valence-corrected chi connectivity index (χ3v) is 6.12. The van der Waals surface area contributed by atoms with Gasteiger partial charge in [0.25, 0.3) is 0 Å². The molecule has 1 aliphatic heterocycles. The largest absolute Gasteiger partial charge is 0.361 e. The number of aromatic amines is 1. The number of H-pyrrole nitrogens is 1. The molecule has 1 atom stereocenters. The van der Waals surface area contributed by atoms with Gasteiger partial charge in [-0.2, -0.15) is 0 Å². The molecule has 0 saturated carbocycles. The molecule has 1 aromatic carbocycles. The van der Waals surface area contributed by atoms with Gasteiger partial charge in [0.15, 0.2) is 0 Å². The van der Waals surface area contributed by atoms with E-state index in [9.17, 15) is 13.2 Å². The zero-order chi connectivity index (χ0) is 18.0. The molecule has 2 heterocycles. The fourth-order valence-corrected chi connectivity index (χ4v) is 4.39. The van der Waals surface area contributed by atoms with Crippen molar-refractivity contribution in [3.05, 3.63) is 35.5 Å². The fraction of sp³-hybridized carbons (Fsp3) is 0.500. The van der Waals surface area contributed by atoms with Gasteiger partial charge < -0.3 is 10.3 Å². The summed E-state index contributed by atoms with van der Waals surface area (Å²) in [5, 5.41) is 4.15. The quantitative estimate of drug-likeness (QED) is 0.852. The number of aromatic nitrogens is 1. The average Bonchev–Trinajstić information content (AvgIpc) is 2.97. The summed E-state index contributed by atoms with van der Waals surface area (Å²) in [5.41, 5.74) is 3.44. The predicted molar refractivity (Wildman–Crippen MR) is 98.9 cm³/mol. The van der Waals surface area contributed by atoms with Crippen molar-refractivity contribution < 1.29 is 13.2 Å². The number of sulfonamides is 1. The number of amides is 1. The van der Waals surface area contributed by atoms with Crippen molar-refractivity contribution >= 4 is 26.8 Å². The molecule has 3 rings (SSSR count). The van der Waals surface area contributed by atoms with Crippen molar-refractivity contribution in [2.75, 3.05) is 19.3 Å². The van der Waals surface area contributed by atoms with E-state index in [2.05, 4.69) is 29.4 Å². The molecule has 6 nitrogen and oxygen atoms in total. The molecule has 1 unspecified atom stereocenters. The minimum Gasteiger partial charge on any atom is -0.361 e. The molecule has 1 fully saturated rings. The lowest BCUT2D eigenvalue weighted by molar-refractivity contribution is -0.122. The number of fused-ring (bicyclic) bond motifs is 1. The van der Waals surface area contributed by atoms with Crippen LogP contribution in [-0.2, 0) is 21.2 Å². The summed E-state index contributed by atoms with van der Waals surface area (Å²) in [5.74, 6) is -0.0256. The molecule has 0 radical (unpaired) electrons. The van der Waals surface area contributed by atoms with Gasteiger partial charge in [-0.3, -0.25) is 4.79 Å². The van der Waals surface area contributed by atoms with Crippen molar-refractivity contribution in [1.82, 2.24) is 14.6 Å². The van der Waals surface area contributed by atoms with Crippen LogP contribution in [0.3, 0.4) is 0 Å². The number of nitrogens with one attached hydrogen (secondary N) is 2. The summed E-state index contributed by atoms with van der Waals surface area (Å²) in [7, 11) is -3.19. The second-order valence-electron chi connectivity index (χ2n) is 6.84. The molecule has 0 bridgehead atoms. The van der Waals surface area contributed by atoms with Crippen LogP contribution in [0.4, 0.5) is 0 Å². The lowest BCUT2D eigenvalue weighted by atomic mass is 10.0. The fourth-order valence-electron chi connectivity index (χ4n) is 3.48. The lowest BCUT2D eigenvalue weighted by Crippen LogP contribution is -2.49. The smallest absolute Gasteiger partial charge is 0.220 e. The molecule has 2 aromatic rings. The Kier molecular flexibility index (Phi) is 5.15. The zero-order valence-corrected chi connectivity index (χ0v) is 15.5. The highest BCUT2D eigenvalue weighted by molar-refractivity contribution is 7.88. The number of aryl methyl sites for hydroxylation is 2. The molecular formula is C18H25N3O3S. The molecule has 7 heteroatoms. The van der Waals surface area contributed by atoms with Crippen molar-refractivity contribution in [3.8, 4) is 0 Å². The van der Waals surface area contributed by atoms with Crippen LogP contribution < -0.4 is 5.32 Å². The minimum atomic E-state index is -3.19. The number of benzene rings is 1. The molecule has 1 saturated heterocycles. The summed E-state index contributed by atoms with van der Waals surface area (Å²) in [6.45, 7) is 2.97. The number of hydrogen-bond donors (Lipinski definition) is 2. The van der Waals surface area contributed by atoms with Crippen LogP contribution in [0, 0.1) is 6.92 Å². The first-order valence-electron chi connectivity index (χ1n) is 8.64. The van der Waals surface area contributed by atoms with E-state index in [0.717, 1.165) is 29.3 Å². The Morgan fingerprint density at radius 2 is 2.20 bits per heavy atom. The molecule has 1 aliphatic rings. The van der Waals surface area contributed by atoms with E-state index in [-0.39, 0.29) is 11.9 Å². The van der Waals surface area contributed by atoms with E-state index in [1.165, 1.54) is 16.1 Å². The van der Waals surface area contributed by atoms with Gasteiger partial charge in [-0.25, -0.2) is 12.7 Å². The monoisotopic (exact) mass is 363 g/mol. The number of para-hydroxylation sites is 1. The van der Waals surface area contributed by atoms with Crippen molar-refractivity contribution in [3.63, 3.8) is 0 Å². The van der Waals surface area contributed by atoms with Crippen molar-refractivity contribution in [2.45, 2.75) is 38.6 Å². The summed E-state index contributed by atoms with van der Waals surface area (Å²) < 4.78 is 24.8. The minimum absolute atomic E-state index is 0.0256. The van der Waals surface area contributed by atoms with Crippen LogP contribution in [-0.4, -0.2) is 49.0 Å². The summed E-state index contributed by atoms with van der Waals surface area (Å²) in [6, 6.07) is 6.06. The first kappa shape index (κ1) is 17.9. The van der Waals surface area contributed by atoms with Crippen LogP contribution in [0.15, 0.2) is 24.4 Å². The Morgan fingerprint density at radius 1 is 1.40 bits per heavy atom. The molecule has 136 valence electrons. The van der Waals surface area contributed by atoms with Gasteiger partial charge in [-0.05, 0) is 37.3 Å². The van der Waals surface area contributed by atoms with Crippen LogP contribution in [0.25, 0.3) is 10.9 Å². The second-order valence-corrected chi connectivity index (χ2v) is 8.82. The van der Waals surface area contributed by atoms with E-state index >= 15 is 0 Å². The van der Waals surface area contributed by atoms with Gasteiger partial charge in [0.05, 0.1) is 6.26 Å². The number of carbonyl (C=O) groups excluding carboxylic acids is 1. The van der Waals surface area contributed by atoms with Gasteiger partial charge in [-0.1, -0.05) is 18.2 Å². The highest BCUT2D eigenvalue weighted by Crippen LogP contribution is 2.22. The number of rotatable bonds is 5. The summed E-state index contributed by atoms with van der Waals surface area (Å²) >= 11 is 0. The van der Waals surface area contributed by atoms with Crippen LogP contribution in [0.2, 0.25) is 0 Å². The Balaban J connectivity index is 1.57. The van der Waals surface area contributed by atoms with Crippen molar-refractivity contribution in [1.29, 1.82) is 0 Å². The van der Waals surface area contributed by atoms with Gasteiger partial charge in [0.2, 0.25) is 15.9 Å². The van der Waals surface area contributed by atoms with Gasteiger partial charge in [-0.15, -0.1) is 0 Å². The van der Waals surface area contributed by atoms with E-state index in [0.29, 0.717) is 25.9 Å². The molecule has 0 spiro atoms. The topological polar surface area (TPSA) is 82.3 Å². The van der Waals surface area contributed by atoms with Crippen LogP contribution >= 0.6 is 0 Å². The van der Waals surface area contributed by atoms with E-state index in [1.54, 1.807) is 0 Å². The molecule has 2 N–H and O–H groups in total. The predicted octanol–water partition coefficient (Wildman–Crippen LogP) is 1.95. The standard InChI is InChI=1S/C18H25N3O3S/c1-13-5-3-7-16-14(11-19-18(13)16)8-9-17(22)20-15-6-4-10-21(12-15)25(2,23)24/h3,5,7,11,15,19H,4,6,8-10,12H2,1-2H3,(H,20,22). The van der Waals surface area contributed by atoms with Crippen LogP contribution in [0.5, 0.6) is 0 Å². The molecule has 25 heavy (non-hydrogen) atoms. The highest BCUT2D eigenvalue weighted by Gasteiger charge is 2.26. The summed E-state index contributed by atoms with van der Waals surface area (Å²) in [6.07, 6.45) is 5.85. The Hall–Kier alpha value is -1.86.